The first-order valence-corrected chi connectivity index (χ1v) is 10.6. The molecule has 148 valence electrons. The molecule has 0 heterocycles. The second kappa shape index (κ2) is 6.49. The van der Waals surface area contributed by atoms with Crippen LogP contribution in [0.5, 0.6) is 0 Å². The van der Waals surface area contributed by atoms with Crippen LogP contribution >= 0.6 is 0 Å². The molecule has 0 unspecified atom stereocenters. The molecular formula is C23H33NO3. The lowest BCUT2D eigenvalue weighted by Gasteiger charge is -2.57. The summed E-state index contributed by atoms with van der Waals surface area (Å²) in [7, 11) is 1.74. The topological polar surface area (TPSA) is 55.4 Å². The number of fused-ring (bicyclic) bond motifs is 5. The van der Waals surface area contributed by atoms with E-state index in [1.165, 1.54) is 18.9 Å². The zero-order valence-corrected chi connectivity index (χ0v) is 17.1. The Hall–Kier alpha value is -1.58. The fourth-order valence-corrected chi connectivity index (χ4v) is 7.02. The van der Waals surface area contributed by atoms with Crippen molar-refractivity contribution in [3.8, 4) is 0 Å². The predicted molar refractivity (Wildman–Crippen MR) is 105 cm³/mol. The van der Waals surface area contributed by atoms with Gasteiger partial charge < -0.3 is 10.1 Å². The van der Waals surface area contributed by atoms with E-state index in [1.54, 1.807) is 7.05 Å². The molecule has 0 bridgehead atoms. The third-order valence-electron chi connectivity index (χ3n) is 8.44. The summed E-state index contributed by atoms with van der Waals surface area (Å²) in [6.07, 6.45) is 12.2. The van der Waals surface area contributed by atoms with Gasteiger partial charge in [0.25, 0.3) is 0 Å². The smallest absolute Gasteiger partial charge is 0.302 e. The minimum Gasteiger partial charge on any atom is -0.462 e. The summed E-state index contributed by atoms with van der Waals surface area (Å²) in [5, 5.41) is 2.85. The molecule has 0 radical (unpaired) electrons. The van der Waals surface area contributed by atoms with Gasteiger partial charge in [-0.25, -0.2) is 0 Å². The minimum absolute atomic E-state index is 0.0257. The number of esters is 1. The van der Waals surface area contributed by atoms with Crippen LogP contribution in [-0.2, 0) is 14.3 Å². The lowest BCUT2D eigenvalue weighted by molar-refractivity contribution is -0.148. The van der Waals surface area contributed by atoms with Crippen LogP contribution in [0.2, 0.25) is 0 Å². The third-order valence-corrected chi connectivity index (χ3v) is 8.44. The number of likely N-dealkylation sites (N-methyl/N-ethyl adjacent to an activating group) is 1. The molecule has 6 atom stereocenters. The second-order valence-corrected chi connectivity index (χ2v) is 9.62. The number of hydrogen-bond acceptors (Lipinski definition) is 3. The number of allylic oxidation sites excluding steroid dienone is 2. The molecule has 0 aromatic heterocycles. The van der Waals surface area contributed by atoms with Crippen LogP contribution in [0.3, 0.4) is 0 Å². The summed E-state index contributed by atoms with van der Waals surface area (Å²) >= 11 is 0. The van der Waals surface area contributed by atoms with E-state index in [1.807, 2.05) is 0 Å². The van der Waals surface area contributed by atoms with E-state index in [4.69, 9.17) is 4.74 Å². The van der Waals surface area contributed by atoms with Gasteiger partial charge >= 0.3 is 5.97 Å². The van der Waals surface area contributed by atoms with Crippen LogP contribution in [0.25, 0.3) is 0 Å². The molecule has 4 aliphatic carbocycles. The van der Waals surface area contributed by atoms with E-state index in [9.17, 15) is 9.59 Å². The molecule has 0 spiro atoms. The van der Waals surface area contributed by atoms with Gasteiger partial charge in [-0.1, -0.05) is 31.6 Å². The van der Waals surface area contributed by atoms with Crippen molar-refractivity contribution >= 4 is 11.9 Å². The number of nitrogens with one attached hydrogen (secondary N) is 1. The molecule has 27 heavy (non-hydrogen) atoms. The summed E-state index contributed by atoms with van der Waals surface area (Å²) < 4.78 is 5.53. The van der Waals surface area contributed by atoms with E-state index < -0.39 is 0 Å². The summed E-state index contributed by atoms with van der Waals surface area (Å²) in [4.78, 5) is 23.8. The van der Waals surface area contributed by atoms with Crippen molar-refractivity contribution in [3.05, 3.63) is 23.3 Å². The Balaban J connectivity index is 1.58. The van der Waals surface area contributed by atoms with Crippen molar-refractivity contribution < 1.29 is 14.3 Å². The zero-order valence-electron chi connectivity index (χ0n) is 17.1. The molecule has 0 aromatic carbocycles. The number of amides is 1. The normalized spacial score (nSPS) is 42.8. The highest BCUT2D eigenvalue weighted by atomic mass is 16.5. The summed E-state index contributed by atoms with van der Waals surface area (Å²) in [5.41, 5.74) is 2.79. The van der Waals surface area contributed by atoms with E-state index >= 15 is 0 Å². The number of ether oxygens (including phenoxy) is 1. The van der Waals surface area contributed by atoms with Crippen LogP contribution in [0.1, 0.15) is 65.7 Å². The first-order chi connectivity index (χ1) is 12.8. The Labute approximate surface area is 162 Å². The molecule has 2 fully saturated rings. The Morgan fingerprint density at radius 3 is 2.52 bits per heavy atom. The average molecular weight is 372 g/mol. The molecule has 4 aliphatic rings. The minimum atomic E-state index is -0.162. The highest BCUT2D eigenvalue weighted by molar-refractivity contribution is 5.95. The summed E-state index contributed by atoms with van der Waals surface area (Å²) in [6.45, 7) is 6.28. The Bertz CT molecular complexity index is 723. The number of rotatable bonds is 2. The largest absolute Gasteiger partial charge is 0.462 e. The molecule has 2 saturated carbocycles. The molecule has 4 heteroatoms. The molecule has 1 amide bonds. The fourth-order valence-electron chi connectivity index (χ4n) is 7.02. The van der Waals surface area contributed by atoms with Crippen molar-refractivity contribution in [2.75, 3.05) is 7.05 Å². The SMILES string of the molecule is CNC(=O)C1=CC[C@H]2[C@@H]3CC=C4C[C@@H](OC(C)=O)CC[C@]4(C)[C@H]3CC[C@]12C. The van der Waals surface area contributed by atoms with Gasteiger partial charge in [-0.2, -0.15) is 0 Å². The standard InChI is InChI=1S/C23H33NO3/c1-14(25)27-16-9-11-22(2)15(13-16)5-6-17-18-7-8-20(21(26)24-4)23(18,3)12-10-19(17)22/h5,8,16-19H,6-7,9-13H2,1-4H3,(H,24,26)/t16-,17-,18-,19-,22-,23-/m0/s1. The third kappa shape index (κ3) is 2.78. The predicted octanol–water partition coefficient (Wildman–Crippen LogP) is 4.16. The van der Waals surface area contributed by atoms with E-state index in [0.29, 0.717) is 17.8 Å². The van der Waals surface area contributed by atoms with Gasteiger partial charge in [0.2, 0.25) is 5.91 Å². The van der Waals surface area contributed by atoms with Gasteiger partial charge in [0.1, 0.15) is 6.10 Å². The summed E-state index contributed by atoms with van der Waals surface area (Å²) in [6, 6.07) is 0. The number of carbonyl (C=O) groups is 2. The van der Waals surface area contributed by atoms with Crippen LogP contribution in [-0.4, -0.2) is 25.0 Å². The zero-order chi connectivity index (χ0) is 19.4. The van der Waals surface area contributed by atoms with Crippen molar-refractivity contribution in [1.82, 2.24) is 5.32 Å². The van der Waals surface area contributed by atoms with Crippen molar-refractivity contribution in [2.24, 2.45) is 28.6 Å². The van der Waals surface area contributed by atoms with Crippen LogP contribution in [0.15, 0.2) is 23.3 Å². The maximum Gasteiger partial charge on any atom is 0.302 e. The maximum atomic E-state index is 12.4. The van der Waals surface area contributed by atoms with E-state index in [0.717, 1.165) is 44.1 Å². The lowest BCUT2D eigenvalue weighted by Crippen LogP contribution is -2.51. The quantitative estimate of drug-likeness (QED) is 0.586. The molecular weight excluding hydrogens is 338 g/mol. The van der Waals surface area contributed by atoms with Crippen LogP contribution in [0, 0.1) is 28.6 Å². The Morgan fingerprint density at radius 2 is 1.81 bits per heavy atom. The van der Waals surface area contributed by atoms with Crippen molar-refractivity contribution in [2.45, 2.75) is 71.8 Å². The van der Waals surface area contributed by atoms with Gasteiger partial charge in [0.05, 0.1) is 0 Å². The van der Waals surface area contributed by atoms with Gasteiger partial charge in [-0.3, -0.25) is 9.59 Å². The van der Waals surface area contributed by atoms with Gasteiger partial charge in [0, 0.05) is 31.4 Å². The van der Waals surface area contributed by atoms with Crippen molar-refractivity contribution in [3.63, 3.8) is 0 Å². The lowest BCUT2D eigenvalue weighted by atomic mass is 9.47. The molecule has 4 nitrogen and oxygen atoms in total. The van der Waals surface area contributed by atoms with Gasteiger partial charge in [-0.05, 0) is 61.7 Å². The first kappa shape index (κ1) is 18.8. The fraction of sp³-hybridized carbons (Fsp3) is 0.739. The molecule has 0 saturated heterocycles. The van der Waals surface area contributed by atoms with E-state index in [-0.39, 0.29) is 28.8 Å². The molecule has 4 rings (SSSR count). The average Bonchev–Trinajstić information content (AvgIpc) is 2.98. The van der Waals surface area contributed by atoms with Gasteiger partial charge in [-0.15, -0.1) is 0 Å². The monoisotopic (exact) mass is 371 g/mol. The molecule has 0 aliphatic heterocycles. The van der Waals surface area contributed by atoms with Gasteiger partial charge in [0.15, 0.2) is 0 Å². The highest BCUT2D eigenvalue weighted by Gasteiger charge is 2.57. The summed E-state index contributed by atoms with van der Waals surface area (Å²) in [5.74, 6) is 1.86. The van der Waals surface area contributed by atoms with Crippen molar-refractivity contribution in [1.29, 1.82) is 0 Å². The molecule has 1 N–H and O–H groups in total. The Kier molecular flexibility index (Phi) is 4.51. The molecule has 0 aromatic rings. The first-order valence-electron chi connectivity index (χ1n) is 10.6. The highest BCUT2D eigenvalue weighted by Crippen LogP contribution is 2.65. The maximum absolute atomic E-state index is 12.4. The number of carbonyl (C=O) groups excluding carboxylic acids is 2. The van der Waals surface area contributed by atoms with Crippen LogP contribution in [0.4, 0.5) is 0 Å². The number of hydrogen-bond donors (Lipinski definition) is 1. The van der Waals surface area contributed by atoms with Crippen LogP contribution < -0.4 is 5.32 Å². The second-order valence-electron chi connectivity index (χ2n) is 9.62. The van der Waals surface area contributed by atoms with E-state index in [2.05, 4.69) is 31.3 Å². The Morgan fingerprint density at radius 1 is 1.07 bits per heavy atom.